The summed E-state index contributed by atoms with van der Waals surface area (Å²) in [7, 11) is -3.70. The number of sulfonamides is 1. The van der Waals surface area contributed by atoms with E-state index in [0.29, 0.717) is 11.3 Å². The third-order valence-corrected chi connectivity index (χ3v) is 6.63. The maximum absolute atomic E-state index is 12.8. The molecule has 2 aromatic carbocycles. The van der Waals surface area contributed by atoms with E-state index in [4.69, 9.17) is 0 Å². The zero-order valence-electron chi connectivity index (χ0n) is 16.6. The average molecular weight is 422 g/mol. The Balaban J connectivity index is 1.51. The lowest BCUT2D eigenvalue weighted by atomic mass is 10.1. The lowest BCUT2D eigenvalue weighted by Gasteiger charge is -2.15. The monoisotopic (exact) mass is 421 g/mol. The minimum absolute atomic E-state index is 0.120. The van der Waals surface area contributed by atoms with Crippen LogP contribution in [0.1, 0.15) is 45.3 Å². The minimum Gasteiger partial charge on any atom is -0.345 e. The molecule has 1 aromatic heterocycles. The second kappa shape index (κ2) is 8.38. The highest BCUT2D eigenvalue weighted by Gasteiger charge is 2.26. The molecule has 3 aromatic rings. The summed E-state index contributed by atoms with van der Waals surface area (Å²) in [5.74, 6) is -0.162. The number of carbonyl (C=O) groups is 1. The Kier molecular flexibility index (Phi) is 5.65. The number of aromatic nitrogens is 1. The van der Waals surface area contributed by atoms with Gasteiger partial charge in [0.25, 0.3) is 5.91 Å². The summed E-state index contributed by atoms with van der Waals surface area (Å²) in [4.78, 5) is 17.0. The predicted molar refractivity (Wildman–Crippen MR) is 114 cm³/mol. The highest BCUT2D eigenvalue weighted by Crippen LogP contribution is 2.33. The van der Waals surface area contributed by atoms with Crippen LogP contribution < -0.4 is 10.0 Å². The van der Waals surface area contributed by atoms with Crippen molar-refractivity contribution in [3.63, 3.8) is 0 Å². The van der Waals surface area contributed by atoms with E-state index in [2.05, 4.69) is 15.0 Å². The molecule has 1 aliphatic carbocycles. The van der Waals surface area contributed by atoms with Crippen molar-refractivity contribution >= 4 is 15.9 Å². The molecule has 1 amide bonds. The van der Waals surface area contributed by atoms with Crippen LogP contribution in [0.3, 0.4) is 0 Å². The van der Waals surface area contributed by atoms with Crippen molar-refractivity contribution in [1.29, 1.82) is 0 Å². The van der Waals surface area contributed by atoms with Crippen molar-refractivity contribution in [2.75, 3.05) is 0 Å². The first kappa shape index (κ1) is 20.3. The second-order valence-electron chi connectivity index (χ2n) is 7.39. The Morgan fingerprint density at radius 3 is 2.63 bits per heavy atom. The Morgan fingerprint density at radius 2 is 1.87 bits per heavy atom. The number of fused-ring (bicyclic) bond motifs is 1. The van der Waals surface area contributed by atoms with Crippen LogP contribution in [0.25, 0.3) is 0 Å². The minimum atomic E-state index is -3.70. The van der Waals surface area contributed by atoms with Crippen molar-refractivity contribution in [2.24, 2.45) is 0 Å². The van der Waals surface area contributed by atoms with E-state index in [-0.39, 0.29) is 23.4 Å². The van der Waals surface area contributed by atoms with Crippen LogP contribution in [-0.2, 0) is 23.0 Å². The summed E-state index contributed by atoms with van der Waals surface area (Å²) in [5, 5.41) is 3.03. The molecule has 0 saturated carbocycles. The van der Waals surface area contributed by atoms with Gasteiger partial charge in [-0.1, -0.05) is 30.3 Å². The van der Waals surface area contributed by atoms with Crippen LogP contribution in [0.5, 0.6) is 0 Å². The molecule has 30 heavy (non-hydrogen) atoms. The van der Waals surface area contributed by atoms with E-state index in [1.54, 1.807) is 30.3 Å². The molecule has 0 radical (unpaired) electrons. The number of aryl methyl sites for hydroxylation is 2. The van der Waals surface area contributed by atoms with Gasteiger partial charge in [0.1, 0.15) is 0 Å². The van der Waals surface area contributed by atoms with Gasteiger partial charge in [0.05, 0.1) is 23.2 Å². The van der Waals surface area contributed by atoms with Gasteiger partial charge < -0.3 is 5.32 Å². The van der Waals surface area contributed by atoms with Gasteiger partial charge in [0.15, 0.2) is 0 Å². The number of nitrogens with one attached hydrogen (secondary N) is 2. The summed E-state index contributed by atoms with van der Waals surface area (Å²) >= 11 is 0. The van der Waals surface area contributed by atoms with Crippen molar-refractivity contribution in [3.8, 4) is 0 Å². The first-order valence-electron chi connectivity index (χ1n) is 9.83. The van der Waals surface area contributed by atoms with Crippen LogP contribution in [-0.4, -0.2) is 19.3 Å². The van der Waals surface area contributed by atoms with E-state index < -0.39 is 10.0 Å². The number of hydrogen-bond donors (Lipinski definition) is 2. The zero-order chi connectivity index (χ0) is 21.1. The van der Waals surface area contributed by atoms with Crippen LogP contribution >= 0.6 is 0 Å². The average Bonchev–Trinajstić information content (AvgIpc) is 3.15. The SMILES string of the molecule is Cc1cccc(CNS(=O)(=O)c2ccc3c(c2)[C@@H](NC(=O)c2ccccc2)CC3)n1. The Morgan fingerprint density at radius 1 is 1.07 bits per heavy atom. The number of rotatable bonds is 6. The maximum atomic E-state index is 12.8. The van der Waals surface area contributed by atoms with Gasteiger partial charge in [-0.25, -0.2) is 13.1 Å². The van der Waals surface area contributed by atoms with Gasteiger partial charge in [-0.15, -0.1) is 0 Å². The Hall–Kier alpha value is -3.03. The van der Waals surface area contributed by atoms with Crippen LogP contribution in [0.15, 0.2) is 71.6 Å². The number of hydrogen-bond acceptors (Lipinski definition) is 4. The molecule has 7 heteroatoms. The van der Waals surface area contributed by atoms with E-state index in [0.717, 1.165) is 29.7 Å². The number of carbonyl (C=O) groups excluding carboxylic acids is 1. The van der Waals surface area contributed by atoms with Crippen LogP contribution in [0, 0.1) is 6.92 Å². The van der Waals surface area contributed by atoms with Gasteiger partial charge in [-0.3, -0.25) is 9.78 Å². The van der Waals surface area contributed by atoms with E-state index in [1.807, 2.05) is 43.3 Å². The highest BCUT2D eigenvalue weighted by atomic mass is 32.2. The normalized spacial score (nSPS) is 15.6. The summed E-state index contributed by atoms with van der Waals surface area (Å²) in [6, 6.07) is 19.4. The Bertz CT molecular complexity index is 1180. The third kappa shape index (κ3) is 4.42. The lowest BCUT2D eigenvalue weighted by molar-refractivity contribution is 0.0936. The van der Waals surface area contributed by atoms with Gasteiger partial charge in [-0.05, 0) is 67.3 Å². The standard InChI is InChI=1S/C23H23N3O3S/c1-16-6-5-9-19(25-16)15-24-30(28,29)20-12-10-17-11-13-22(21(17)14-20)26-23(27)18-7-3-2-4-8-18/h2-10,12,14,22,24H,11,13,15H2,1H3,(H,26,27)/t22-/m0/s1. The first-order chi connectivity index (χ1) is 14.4. The molecule has 0 saturated heterocycles. The number of pyridine rings is 1. The van der Waals surface area contributed by atoms with E-state index in [9.17, 15) is 13.2 Å². The highest BCUT2D eigenvalue weighted by molar-refractivity contribution is 7.89. The maximum Gasteiger partial charge on any atom is 0.251 e. The molecule has 0 spiro atoms. The van der Waals surface area contributed by atoms with Crippen LogP contribution in [0.4, 0.5) is 0 Å². The fourth-order valence-electron chi connectivity index (χ4n) is 3.68. The fraction of sp³-hybridized carbons (Fsp3) is 0.217. The van der Waals surface area contributed by atoms with Crippen molar-refractivity contribution in [3.05, 3.63) is 94.8 Å². The Labute approximate surface area is 176 Å². The van der Waals surface area contributed by atoms with Crippen molar-refractivity contribution in [1.82, 2.24) is 15.0 Å². The van der Waals surface area contributed by atoms with Crippen molar-refractivity contribution < 1.29 is 13.2 Å². The number of nitrogens with zero attached hydrogens (tertiary/aromatic N) is 1. The van der Waals surface area contributed by atoms with E-state index in [1.165, 1.54) is 0 Å². The van der Waals surface area contributed by atoms with Gasteiger partial charge >= 0.3 is 0 Å². The summed E-state index contributed by atoms with van der Waals surface area (Å²) in [5.41, 5.74) is 4.00. The molecular weight excluding hydrogens is 398 g/mol. The topological polar surface area (TPSA) is 88.2 Å². The number of benzene rings is 2. The van der Waals surface area contributed by atoms with Gasteiger partial charge in [0.2, 0.25) is 10.0 Å². The largest absolute Gasteiger partial charge is 0.345 e. The summed E-state index contributed by atoms with van der Waals surface area (Å²) in [6.45, 7) is 1.98. The first-order valence-corrected chi connectivity index (χ1v) is 11.3. The molecule has 0 bridgehead atoms. The lowest BCUT2D eigenvalue weighted by Crippen LogP contribution is -2.27. The molecule has 1 atom stereocenters. The summed E-state index contributed by atoms with van der Waals surface area (Å²) < 4.78 is 28.2. The second-order valence-corrected chi connectivity index (χ2v) is 9.15. The van der Waals surface area contributed by atoms with Gasteiger partial charge in [-0.2, -0.15) is 0 Å². The summed E-state index contributed by atoms with van der Waals surface area (Å²) in [6.07, 6.45) is 1.55. The molecule has 0 aliphatic heterocycles. The zero-order valence-corrected chi connectivity index (χ0v) is 17.4. The van der Waals surface area contributed by atoms with Crippen LogP contribution in [0.2, 0.25) is 0 Å². The third-order valence-electron chi connectivity index (χ3n) is 5.24. The molecule has 6 nitrogen and oxygen atoms in total. The molecule has 1 aliphatic rings. The van der Waals surface area contributed by atoms with E-state index >= 15 is 0 Å². The molecule has 0 unspecified atom stereocenters. The predicted octanol–water partition coefficient (Wildman–Crippen LogP) is 3.29. The van der Waals surface area contributed by atoms with Crippen molar-refractivity contribution in [2.45, 2.75) is 37.2 Å². The quantitative estimate of drug-likeness (QED) is 0.639. The molecule has 154 valence electrons. The molecule has 1 heterocycles. The molecule has 2 N–H and O–H groups in total. The molecule has 0 fully saturated rings. The van der Waals surface area contributed by atoms with Gasteiger partial charge in [0, 0.05) is 11.3 Å². The smallest absolute Gasteiger partial charge is 0.251 e. The fourth-order valence-corrected chi connectivity index (χ4v) is 4.71. The number of amides is 1. The molecular formula is C23H23N3O3S. The molecule has 4 rings (SSSR count).